The molecule has 21 heavy (non-hydrogen) atoms. The first-order chi connectivity index (χ1) is 9.88. The van der Waals surface area contributed by atoms with Crippen molar-refractivity contribution < 1.29 is 19.2 Å². The predicted molar refractivity (Wildman–Crippen MR) is 75.9 cm³/mol. The van der Waals surface area contributed by atoms with E-state index in [9.17, 15) is 19.7 Å². The smallest absolute Gasteiger partial charge is 0.338 e. The summed E-state index contributed by atoms with van der Waals surface area (Å²) in [6.07, 6.45) is 1.22. The zero-order valence-corrected chi connectivity index (χ0v) is 11.8. The molecule has 1 aromatic carbocycles. The number of nitro groups is 1. The van der Waals surface area contributed by atoms with E-state index in [-0.39, 0.29) is 16.9 Å². The van der Waals surface area contributed by atoms with Gasteiger partial charge in [-0.1, -0.05) is 13.3 Å². The van der Waals surface area contributed by atoms with Gasteiger partial charge in [0.25, 0.3) is 5.69 Å². The highest BCUT2D eigenvalue weighted by atomic mass is 16.6. The second kappa shape index (κ2) is 7.34. The van der Waals surface area contributed by atoms with Gasteiger partial charge in [-0.15, -0.1) is 0 Å². The van der Waals surface area contributed by atoms with Crippen LogP contribution in [-0.4, -0.2) is 30.0 Å². The van der Waals surface area contributed by atoms with Crippen molar-refractivity contribution in [3.05, 3.63) is 33.9 Å². The molecule has 0 radical (unpaired) electrons. The highest BCUT2D eigenvalue weighted by Gasteiger charge is 2.18. The summed E-state index contributed by atoms with van der Waals surface area (Å²) in [5.41, 5.74) is 5.44. The van der Waals surface area contributed by atoms with Gasteiger partial charge in [0.05, 0.1) is 23.6 Å². The Hall–Kier alpha value is -2.48. The number of benzene rings is 1. The minimum Gasteiger partial charge on any atom is -0.465 e. The quantitative estimate of drug-likeness (QED) is 0.465. The zero-order chi connectivity index (χ0) is 16.0. The van der Waals surface area contributed by atoms with Crippen LogP contribution in [0.5, 0.6) is 0 Å². The van der Waals surface area contributed by atoms with E-state index in [0.717, 1.165) is 25.7 Å². The number of hydrogen-bond acceptors (Lipinski definition) is 6. The molecule has 3 N–H and O–H groups in total. The molecule has 0 saturated carbocycles. The molecule has 0 saturated heterocycles. The number of carbonyl (C=O) groups excluding carboxylic acids is 2. The Balaban J connectivity index is 3.06. The Morgan fingerprint density at radius 3 is 2.62 bits per heavy atom. The first-order valence-electron chi connectivity index (χ1n) is 6.33. The van der Waals surface area contributed by atoms with E-state index in [1.54, 1.807) is 0 Å². The van der Waals surface area contributed by atoms with Crippen LogP contribution >= 0.6 is 0 Å². The maximum atomic E-state index is 11.8. The van der Waals surface area contributed by atoms with Gasteiger partial charge in [0.2, 0.25) is 5.91 Å². The van der Waals surface area contributed by atoms with Gasteiger partial charge in [-0.05, 0) is 12.5 Å². The van der Waals surface area contributed by atoms with E-state index in [0.29, 0.717) is 6.42 Å². The van der Waals surface area contributed by atoms with E-state index in [4.69, 9.17) is 5.73 Å². The molecule has 8 nitrogen and oxygen atoms in total. The molecule has 1 amide bonds. The standard InChI is InChI=1S/C13H17N3O5/c1-3-4-11(14)12(17)15-9-5-8(13(18)21-2)6-10(7-9)16(19)20/h5-7,11H,3-4,14H2,1-2H3,(H,15,17). The van der Waals surface area contributed by atoms with Gasteiger partial charge in [0.1, 0.15) is 0 Å². The summed E-state index contributed by atoms with van der Waals surface area (Å²) in [6.45, 7) is 1.88. The fourth-order valence-corrected chi connectivity index (χ4v) is 1.70. The van der Waals surface area contributed by atoms with Crippen LogP contribution in [0, 0.1) is 10.1 Å². The van der Waals surface area contributed by atoms with Crippen LogP contribution in [0.4, 0.5) is 11.4 Å². The lowest BCUT2D eigenvalue weighted by Crippen LogP contribution is -2.35. The minimum atomic E-state index is -0.730. The topological polar surface area (TPSA) is 125 Å². The van der Waals surface area contributed by atoms with E-state index in [1.165, 1.54) is 6.07 Å². The largest absolute Gasteiger partial charge is 0.465 e. The molecule has 0 spiro atoms. The first-order valence-corrected chi connectivity index (χ1v) is 6.33. The lowest BCUT2D eigenvalue weighted by molar-refractivity contribution is -0.384. The number of rotatable bonds is 6. The van der Waals surface area contributed by atoms with Crippen LogP contribution < -0.4 is 11.1 Å². The normalized spacial score (nSPS) is 11.6. The van der Waals surface area contributed by atoms with Crippen LogP contribution in [0.25, 0.3) is 0 Å². The third-order valence-electron chi connectivity index (χ3n) is 2.75. The molecule has 0 aliphatic rings. The van der Waals surface area contributed by atoms with E-state index in [1.807, 2.05) is 6.92 Å². The molecule has 0 heterocycles. The molecule has 1 aromatic rings. The maximum Gasteiger partial charge on any atom is 0.338 e. The maximum absolute atomic E-state index is 11.8. The average Bonchev–Trinajstić information content (AvgIpc) is 2.46. The number of nitrogens with zero attached hydrogens (tertiary/aromatic N) is 1. The van der Waals surface area contributed by atoms with Crippen molar-refractivity contribution in [2.75, 3.05) is 12.4 Å². The van der Waals surface area contributed by atoms with Crippen LogP contribution in [0.1, 0.15) is 30.1 Å². The second-order valence-electron chi connectivity index (χ2n) is 4.40. The van der Waals surface area contributed by atoms with Gasteiger partial charge in [0, 0.05) is 17.8 Å². The number of esters is 1. The van der Waals surface area contributed by atoms with Crippen molar-refractivity contribution in [1.82, 2.24) is 0 Å². The summed E-state index contributed by atoms with van der Waals surface area (Å²) >= 11 is 0. The third-order valence-corrected chi connectivity index (χ3v) is 2.75. The molecular weight excluding hydrogens is 278 g/mol. The van der Waals surface area contributed by atoms with Crippen molar-refractivity contribution in [1.29, 1.82) is 0 Å². The summed E-state index contributed by atoms with van der Waals surface area (Å²) in [4.78, 5) is 33.5. The van der Waals surface area contributed by atoms with Gasteiger partial charge in [-0.25, -0.2) is 4.79 Å². The summed E-state index contributed by atoms with van der Waals surface area (Å²) < 4.78 is 4.52. The van der Waals surface area contributed by atoms with Gasteiger partial charge < -0.3 is 15.8 Å². The molecule has 8 heteroatoms. The van der Waals surface area contributed by atoms with Gasteiger partial charge in [-0.2, -0.15) is 0 Å². The number of nitro benzene ring substituents is 1. The van der Waals surface area contributed by atoms with Gasteiger partial charge >= 0.3 is 5.97 Å². The van der Waals surface area contributed by atoms with Crippen LogP contribution in [0.15, 0.2) is 18.2 Å². The molecule has 1 atom stereocenters. The molecule has 1 rings (SSSR count). The molecule has 0 aliphatic heterocycles. The molecule has 0 bridgehead atoms. The number of non-ortho nitro benzene ring substituents is 1. The van der Waals surface area contributed by atoms with Crippen molar-refractivity contribution in [2.24, 2.45) is 5.73 Å². The number of hydrogen-bond donors (Lipinski definition) is 2. The summed E-state index contributed by atoms with van der Waals surface area (Å²) in [7, 11) is 1.16. The van der Waals surface area contributed by atoms with Crippen LogP contribution in [0.2, 0.25) is 0 Å². The van der Waals surface area contributed by atoms with E-state index >= 15 is 0 Å². The SMILES string of the molecule is CCCC(N)C(=O)Nc1cc(C(=O)OC)cc([N+](=O)[O-])c1. The molecule has 0 aliphatic carbocycles. The number of methoxy groups -OCH3 is 1. The van der Waals surface area contributed by atoms with Crippen molar-refractivity contribution in [2.45, 2.75) is 25.8 Å². The Morgan fingerprint density at radius 2 is 2.10 bits per heavy atom. The first kappa shape index (κ1) is 16.6. The predicted octanol–water partition coefficient (Wildman–Crippen LogP) is 1.45. The van der Waals surface area contributed by atoms with Crippen molar-refractivity contribution in [3.63, 3.8) is 0 Å². The molecule has 0 fully saturated rings. The monoisotopic (exact) mass is 295 g/mol. The Labute approximate surface area is 121 Å². The number of nitrogens with one attached hydrogen (secondary N) is 1. The number of nitrogens with two attached hydrogens (primary N) is 1. The Bertz CT molecular complexity index is 559. The lowest BCUT2D eigenvalue weighted by Gasteiger charge is -2.11. The Morgan fingerprint density at radius 1 is 1.43 bits per heavy atom. The van der Waals surface area contributed by atoms with Crippen LogP contribution in [-0.2, 0) is 9.53 Å². The van der Waals surface area contributed by atoms with Crippen molar-refractivity contribution in [3.8, 4) is 0 Å². The third kappa shape index (κ3) is 4.53. The highest BCUT2D eigenvalue weighted by molar-refractivity contribution is 5.97. The Kier molecular flexibility index (Phi) is 5.79. The summed E-state index contributed by atoms with van der Waals surface area (Å²) in [5, 5.41) is 13.3. The molecule has 1 unspecified atom stereocenters. The summed E-state index contributed by atoms with van der Waals surface area (Å²) in [5.74, 6) is -1.19. The van der Waals surface area contributed by atoms with Crippen LogP contribution in [0.3, 0.4) is 0 Å². The highest BCUT2D eigenvalue weighted by Crippen LogP contribution is 2.21. The fraction of sp³-hybridized carbons (Fsp3) is 0.385. The van der Waals surface area contributed by atoms with E-state index < -0.39 is 22.8 Å². The number of carbonyl (C=O) groups is 2. The number of amides is 1. The second-order valence-corrected chi connectivity index (χ2v) is 4.40. The lowest BCUT2D eigenvalue weighted by atomic mass is 10.1. The fourth-order valence-electron chi connectivity index (χ4n) is 1.70. The molecular formula is C13H17N3O5. The van der Waals surface area contributed by atoms with Gasteiger partial charge in [-0.3, -0.25) is 14.9 Å². The minimum absolute atomic E-state index is 0.0222. The molecule has 114 valence electrons. The van der Waals surface area contributed by atoms with E-state index in [2.05, 4.69) is 10.1 Å². The number of ether oxygens (including phenoxy) is 1. The van der Waals surface area contributed by atoms with Gasteiger partial charge in [0.15, 0.2) is 0 Å². The van der Waals surface area contributed by atoms with Crippen molar-refractivity contribution >= 4 is 23.3 Å². The summed E-state index contributed by atoms with van der Waals surface area (Å²) in [6, 6.07) is 2.82. The average molecular weight is 295 g/mol. The molecule has 0 aromatic heterocycles. The number of anilines is 1. The zero-order valence-electron chi connectivity index (χ0n) is 11.8.